The fourth-order valence-corrected chi connectivity index (χ4v) is 3.65. The Hall–Kier alpha value is -2.42. The maximum absolute atomic E-state index is 12.4. The van der Waals surface area contributed by atoms with Crippen LogP contribution in [0.5, 0.6) is 0 Å². The fourth-order valence-electron chi connectivity index (χ4n) is 3.10. The summed E-state index contributed by atoms with van der Waals surface area (Å²) in [5, 5.41) is 2.03. The van der Waals surface area contributed by atoms with Gasteiger partial charge in [-0.3, -0.25) is 4.79 Å². The molecule has 1 aliphatic rings. The molecule has 0 saturated carbocycles. The maximum Gasteiger partial charge on any atom is 0.314 e. The number of carbonyl (C=O) groups is 2. The molecular formula is C16H22N6O2S. The summed E-state index contributed by atoms with van der Waals surface area (Å²) in [5.74, 6) is 1.09. The molecule has 2 aromatic rings. The van der Waals surface area contributed by atoms with Gasteiger partial charge in [-0.15, -0.1) is 11.3 Å². The first-order valence-electron chi connectivity index (χ1n) is 8.21. The molecule has 0 radical (unpaired) electrons. The number of urea groups is 1. The molecule has 0 aromatic carbocycles. The van der Waals surface area contributed by atoms with Crippen molar-refractivity contribution in [2.45, 2.75) is 25.3 Å². The zero-order valence-electron chi connectivity index (χ0n) is 14.2. The molecule has 0 spiro atoms. The zero-order valence-corrected chi connectivity index (χ0v) is 15.0. The minimum Gasteiger partial charge on any atom is -0.351 e. The lowest BCUT2D eigenvalue weighted by atomic mass is 9.97. The number of thiazole rings is 1. The molecule has 3 rings (SSSR count). The highest BCUT2D eigenvalue weighted by Crippen LogP contribution is 2.26. The Balaban J connectivity index is 1.67. The van der Waals surface area contributed by atoms with Crippen LogP contribution in [0.2, 0.25) is 0 Å². The van der Waals surface area contributed by atoms with Crippen molar-refractivity contribution in [1.82, 2.24) is 24.3 Å². The molecule has 1 atom stereocenters. The van der Waals surface area contributed by atoms with Crippen molar-refractivity contribution in [1.29, 1.82) is 0 Å². The normalized spacial score (nSPS) is 17.5. The average molecular weight is 362 g/mol. The molecule has 0 unspecified atom stereocenters. The van der Waals surface area contributed by atoms with E-state index in [0.717, 1.165) is 24.4 Å². The molecule has 8 nitrogen and oxygen atoms in total. The van der Waals surface area contributed by atoms with Crippen LogP contribution < -0.4 is 5.73 Å². The number of amides is 3. The Morgan fingerprint density at radius 1 is 1.44 bits per heavy atom. The Kier molecular flexibility index (Phi) is 5.32. The molecular weight excluding hydrogens is 340 g/mol. The number of rotatable bonds is 5. The summed E-state index contributed by atoms with van der Waals surface area (Å²) in [6, 6.07) is -0.597. The Morgan fingerprint density at radius 3 is 3.00 bits per heavy atom. The molecule has 3 heterocycles. The van der Waals surface area contributed by atoms with Gasteiger partial charge in [-0.25, -0.2) is 14.8 Å². The van der Waals surface area contributed by atoms with Crippen LogP contribution in [0.15, 0.2) is 23.3 Å². The first-order valence-corrected chi connectivity index (χ1v) is 9.15. The van der Waals surface area contributed by atoms with Gasteiger partial charge in [0.25, 0.3) is 0 Å². The first kappa shape index (κ1) is 17.4. The van der Waals surface area contributed by atoms with Gasteiger partial charge < -0.3 is 20.1 Å². The number of aromatic nitrogens is 3. The number of likely N-dealkylation sites (N-methyl/N-ethyl adjacent to an activating group) is 1. The van der Waals surface area contributed by atoms with E-state index in [-0.39, 0.29) is 18.4 Å². The van der Waals surface area contributed by atoms with Crippen LogP contribution in [0.1, 0.15) is 30.3 Å². The summed E-state index contributed by atoms with van der Waals surface area (Å²) in [6.45, 7) is 2.01. The number of nitrogens with two attached hydrogens (primary N) is 1. The molecule has 3 amide bonds. The van der Waals surface area contributed by atoms with Crippen LogP contribution in [-0.4, -0.2) is 63.0 Å². The molecule has 134 valence electrons. The van der Waals surface area contributed by atoms with E-state index >= 15 is 0 Å². The number of hydrogen-bond donors (Lipinski definition) is 1. The SMILES string of the molecule is CN(CC(=O)N1CCC[C@@H](c2nccn2Cc2cscn2)C1)C(N)=O. The Bertz CT molecular complexity index is 729. The van der Waals surface area contributed by atoms with Crippen molar-refractivity contribution in [3.8, 4) is 0 Å². The predicted octanol–water partition coefficient (Wildman–Crippen LogP) is 1.10. The molecule has 1 fully saturated rings. The molecule has 1 aliphatic heterocycles. The van der Waals surface area contributed by atoms with Gasteiger partial charge in [-0.2, -0.15) is 0 Å². The van der Waals surface area contributed by atoms with Crippen molar-refractivity contribution < 1.29 is 9.59 Å². The third kappa shape index (κ3) is 4.16. The highest BCUT2D eigenvalue weighted by Gasteiger charge is 2.28. The van der Waals surface area contributed by atoms with Crippen LogP contribution in [0.25, 0.3) is 0 Å². The standard InChI is InChI=1S/C16H22N6O2S/c1-20(16(17)24)9-14(23)21-5-2-3-12(7-21)15-18-4-6-22(15)8-13-10-25-11-19-13/h4,6,10-12H,2-3,5,7-9H2,1H3,(H2,17,24)/t12-/m1/s1. The third-order valence-electron chi connectivity index (χ3n) is 4.45. The third-order valence-corrected chi connectivity index (χ3v) is 5.09. The van der Waals surface area contributed by atoms with Gasteiger partial charge >= 0.3 is 6.03 Å². The number of carbonyl (C=O) groups excluding carboxylic acids is 2. The molecule has 25 heavy (non-hydrogen) atoms. The Morgan fingerprint density at radius 2 is 2.28 bits per heavy atom. The van der Waals surface area contributed by atoms with E-state index in [4.69, 9.17) is 5.73 Å². The minimum atomic E-state index is -0.597. The van der Waals surface area contributed by atoms with Crippen LogP contribution in [-0.2, 0) is 11.3 Å². The molecule has 2 aromatic heterocycles. The molecule has 1 saturated heterocycles. The summed E-state index contributed by atoms with van der Waals surface area (Å²) < 4.78 is 2.10. The van der Waals surface area contributed by atoms with E-state index in [9.17, 15) is 9.59 Å². The smallest absolute Gasteiger partial charge is 0.314 e. The number of nitrogens with zero attached hydrogens (tertiary/aromatic N) is 5. The van der Waals surface area contributed by atoms with Crippen LogP contribution >= 0.6 is 11.3 Å². The van der Waals surface area contributed by atoms with Gasteiger partial charge in [0.2, 0.25) is 5.91 Å². The number of hydrogen-bond acceptors (Lipinski definition) is 5. The average Bonchev–Trinajstić information content (AvgIpc) is 3.27. The molecule has 0 bridgehead atoms. The first-order chi connectivity index (χ1) is 12.0. The zero-order chi connectivity index (χ0) is 17.8. The van der Waals surface area contributed by atoms with Crippen molar-refractivity contribution >= 4 is 23.3 Å². The lowest BCUT2D eigenvalue weighted by Gasteiger charge is -2.33. The number of likely N-dealkylation sites (tertiary alicyclic amines) is 1. The summed E-state index contributed by atoms with van der Waals surface area (Å²) in [7, 11) is 1.53. The quantitative estimate of drug-likeness (QED) is 0.861. The van der Waals surface area contributed by atoms with Crippen molar-refractivity contribution in [3.05, 3.63) is 34.8 Å². The second kappa shape index (κ2) is 7.64. The van der Waals surface area contributed by atoms with Crippen LogP contribution in [0.4, 0.5) is 4.79 Å². The van der Waals surface area contributed by atoms with Gasteiger partial charge in [0.1, 0.15) is 12.4 Å². The molecule has 0 aliphatic carbocycles. The van der Waals surface area contributed by atoms with Gasteiger partial charge in [0.15, 0.2) is 0 Å². The second-order valence-electron chi connectivity index (χ2n) is 6.27. The summed E-state index contributed by atoms with van der Waals surface area (Å²) in [4.78, 5) is 35.4. The topological polar surface area (TPSA) is 97.3 Å². The van der Waals surface area contributed by atoms with Crippen molar-refractivity contribution in [2.24, 2.45) is 5.73 Å². The van der Waals surface area contributed by atoms with E-state index in [0.29, 0.717) is 19.6 Å². The van der Waals surface area contributed by atoms with E-state index in [2.05, 4.69) is 14.5 Å². The van der Waals surface area contributed by atoms with Gasteiger partial charge in [-0.1, -0.05) is 0 Å². The minimum absolute atomic E-state index is 0.00924. The van der Waals surface area contributed by atoms with Crippen molar-refractivity contribution in [2.75, 3.05) is 26.7 Å². The number of primary amides is 1. The molecule has 2 N–H and O–H groups in total. The number of imidazole rings is 1. The van der Waals surface area contributed by atoms with Crippen LogP contribution in [0.3, 0.4) is 0 Å². The lowest BCUT2D eigenvalue weighted by molar-refractivity contribution is -0.132. The maximum atomic E-state index is 12.4. The van der Waals surface area contributed by atoms with E-state index < -0.39 is 6.03 Å². The van der Waals surface area contributed by atoms with Gasteiger partial charge in [0, 0.05) is 43.8 Å². The highest BCUT2D eigenvalue weighted by molar-refractivity contribution is 7.07. The monoisotopic (exact) mass is 362 g/mol. The van der Waals surface area contributed by atoms with E-state index in [1.807, 2.05) is 17.1 Å². The summed E-state index contributed by atoms with van der Waals surface area (Å²) in [5.41, 5.74) is 8.03. The largest absolute Gasteiger partial charge is 0.351 e. The summed E-state index contributed by atoms with van der Waals surface area (Å²) in [6.07, 6.45) is 5.66. The fraction of sp³-hybridized carbons (Fsp3) is 0.500. The van der Waals surface area contributed by atoms with Crippen LogP contribution in [0, 0.1) is 0 Å². The molecule has 9 heteroatoms. The lowest BCUT2D eigenvalue weighted by Crippen LogP contribution is -2.46. The predicted molar refractivity (Wildman–Crippen MR) is 94.2 cm³/mol. The highest BCUT2D eigenvalue weighted by atomic mass is 32.1. The Labute approximate surface area is 150 Å². The number of piperidine rings is 1. The van der Waals surface area contributed by atoms with Gasteiger partial charge in [0.05, 0.1) is 17.7 Å². The summed E-state index contributed by atoms with van der Waals surface area (Å²) >= 11 is 1.58. The second-order valence-corrected chi connectivity index (χ2v) is 6.99. The van der Waals surface area contributed by atoms with Crippen molar-refractivity contribution in [3.63, 3.8) is 0 Å². The van der Waals surface area contributed by atoms with Gasteiger partial charge in [-0.05, 0) is 12.8 Å². The van der Waals surface area contributed by atoms with E-state index in [1.165, 1.54) is 11.9 Å². The van der Waals surface area contributed by atoms with E-state index in [1.54, 1.807) is 22.4 Å².